The van der Waals surface area contributed by atoms with Crippen LogP contribution in [0.4, 0.5) is 0 Å². The first-order valence-electron chi connectivity index (χ1n) is 5.54. The molecule has 0 fully saturated rings. The van der Waals surface area contributed by atoms with E-state index in [1.807, 2.05) is 35.7 Å². The number of benzene rings is 1. The van der Waals surface area contributed by atoms with Crippen LogP contribution in [0.3, 0.4) is 0 Å². The maximum atomic E-state index is 6.24. The summed E-state index contributed by atoms with van der Waals surface area (Å²) in [6.07, 6.45) is 0. The van der Waals surface area contributed by atoms with Crippen LogP contribution in [0.1, 0.15) is 22.2 Å². The fourth-order valence-corrected chi connectivity index (χ4v) is 2.81. The molecule has 1 aromatic carbocycles. The Morgan fingerprint density at radius 2 is 2.00 bits per heavy atom. The molecule has 0 bridgehead atoms. The molecule has 0 radical (unpaired) electrons. The van der Waals surface area contributed by atoms with Gasteiger partial charge < -0.3 is 10.2 Å². The van der Waals surface area contributed by atoms with E-state index in [2.05, 4.69) is 13.0 Å². The van der Waals surface area contributed by atoms with Gasteiger partial charge in [-0.05, 0) is 24.4 Å². The molecule has 0 aliphatic heterocycles. The lowest BCUT2D eigenvalue weighted by molar-refractivity contribution is 0.524. The minimum atomic E-state index is -0.164. The van der Waals surface area contributed by atoms with Gasteiger partial charge in [0.25, 0.3) is 0 Å². The Morgan fingerprint density at radius 1 is 1.18 bits per heavy atom. The lowest BCUT2D eigenvalue weighted by Gasteiger charge is -2.06. The van der Waals surface area contributed by atoms with E-state index in [4.69, 9.17) is 10.2 Å². The molecule has 0 aliphatic rings. The molecule has 2 heterocycles. The quantitative estimate of drug-likeness (QED) is 0.742. The predicted octanol–water partition coefficient (Wildman–Crippen LogP) is 3.85. The Labute approximate surface area is 104 Å². The van der Waals surface area contributed by atoms with Gasteiger partial charge in [-0.3, -0.25) is 0 Å². The summed E-state index contributed by atoms with van der Waals surface area (Å²) < 4.78 is 5.87. The van der Waals surface area contributed by atoms with Crippen LogP contribution >= 0.6 is 11.3 Å². The topological polar surface area (TPSA) is 39.2 Å². The zero-order valence-electron chi connectivity index (χ0n) is 9.51. The van der Waals surface area contributed by atoms with E-state index in [9.17, 15) is 0 Å². The molecular weight excluding hydrogens is 230 g/mol. The molecule has 0 saturated heterocycles. The molecule has 2 aromatic heterocycles. The average Bonchev–Trinajstić information content (AvgIpc) is 2.97. The highest BCUT2D eigenvalue weighted by atomic mass is 32.1. The first kappa shape index (κ1) is 10.6. The summed E-state index contributed by atoms with van der Waals surface area (Å²) in [5.41, 5.74) is 8.29. The smallest absolute Gasteiger partial charge is 0.134 e. The highest BCUT2D eigenvalue weighted by molar-refractivity contribution is 7.10. The van der Waals surface area contributed by atoms with Gasteiger partial charge in [0, 0.05) is 15.8 Å². The first-order chi connectivity index (χ1) is 8.27. The maximum absolute atomic E-state index is 6.24. The van der Waals surface area contributed by atoms with Crippen molar-refractivity contribution < 1.29 is 4.42 Å². The molecule has 17 heavy (non-hydrogen) atoms. The third-order valence-corrected chi connectivity index (χ3v) is 3.97. The van der Waals surface area contributed by atoms with Gasteiger partial charge in [-0.1, -0.05) is 24.3 Å². The lowest BCUT2D eigenvalue weighted by atomic mass is 10.1. The minimum Gasteiger partial charge on any atom is -0.459 e. The molecule has 0 saturated carbocycles. The minimum absolute atomic E-state index is 0.164. The number of fused-ring (bicyclic) bond motifs is 1. The number of hydrogen-bond donors (Lipinski definition) is 1. The molecule has 2 N–H and O–H groups in total. The van der Waals surface area contributed by atoms with E-state index >= 15 is 0 Å². The van der Waals surface area contributed by atoms with Crippen molar-refractivity contribution in [3.63, 3.8) is 0 Å². The van der Waals surface area contributed by atoms with Gasteiger partial charge in [-0.15, -0.1) is 11.3 Å². The molecule has 0 spiro atoms. The molecule has 3 heteroatoms. The van der Waals surface area contributed by atoms with Crippen LogP contribution in [0.15, 0.2) is 46.2 Å². The molecular formula is C14H13NOS. The van der Waals surface area contributed by atoms with Crippen molar-refractivity contribution in [2.24, 2.45) is 5.73 Å². The zero-order valence-corrected chi connectivity index (χ0v) is 10.3. The Morgan fingerprint density at radius 3 is 2.71 bits per heavy atom. The second-order valence-electron chi connectivity index (χ2n) is 4.08. The number of aryl methyl sites for hydroxylation is 1. The Bertz CT molecular complexity index is 639. The summed E-state index contributed by atoms with van der Waals surface area (Å²) in [6, 6.07) is 11.9. The van der Waals surface area contributed by atoms with Crippen LogP contribution in [0, 0.1) is 6.92 Å². The van der Waals surface area contributed by atoms with E-state index in [1.54, 1.807) is 11.3 Å². The monoisotopic (exact) mass is 243 g/mol. The van der Waals surface area contributed by atoms with E-state index in [1.165, 1.54) is 0 Å². The normalized spacial score (nSPS) is 13.1. The highest BCUT2D eigenvalue weighted by Crippen LogP contribution is 2.32. The third kappa shape index (κ3) is 1.68. The Balaban J connectivity index is 2.15. The molecule has 0 aliphatic carbocycles. The second-order valence-corrected chi connectivity index (χ2v) is 5.06. The van der Waals surface area contributed by atoms with Crippen LogP contribution in [-0.2, 0) is 0 Å². The average molecular weight is 243 g/mol. The summed E-state index contributed by atoms with van der Waals surface area (Å²) in [7, 11) is 0. The first-order valence-corrected chi connectivity index (χ1v) is 6.42. The fraction of sp³-hybridized carbons (Fsp3) is 0.143. The SMILES string of the molecule is Cc1c(C(N)c2cccs2)oc2ccccc12. The van der Waals surface area contributed by atoms with Gasteiger partial charge in [0.1, 0.15) is 11.3 Å². The number of hydrogen-bond acceptors (Lipinski definition) is 3. The number of furan rings is 1. The summed E-state index contributed by atoms with van der Waals surface area (Å²) in [4.78, 5) is 1.13. The number of rotatable bonds is 2. The van der Waals surface area contributed by atoms with Gasteiger partial charge in [0.2, 0.25) is 0 Å². The van der Waals surface area contributed by atoms with Gasteiger partial charge in [0.15, 0.2) is 0 Å². The van der Waals surface area contributed by atoms with E-state index in [0.717, 1.165) is 27.2 Å². The highest BCUT2D eigenvalue weighted by Gasteiger charge is 2.18. The lowest BCUT2D eigenvalue weighted by Crippen LogP contribution is -2.10. The van der Waals surface area contributed by atoms with Gasteiger partial charge >= 0.3 is 0 Å². The number of nitrogens with two attached hydrogens (primary N) is 1. The summed E-state index contributed by atoms with van der Waals surface area (Å²) in [5, 5.41) is 3.18. The molecule has 1 atom stereocenters. The summed E-state index contributed by atoms with van der Waals surface area (Å²) in [5.74, 6) is 0.869. The van der Waals surface area contributed by atoms with Crippen LogP contribution in [0.2, 0.25) is 0 Å². The molecule has 0 amide bonds. The van der Waals surface area contributed by atoms with Crippen molar-refractivity contribution >= 4 is 22.3 Å². The van der Waals surface area contributed by atoms with E-state index < -0.39 is 0 Å². The van der Waals surface area contributed by atoms with Crippen molar-refractivity contribution in [3.8, 4) is 0 Å². The third-order valence-electron chi connectivity index (χ3n) is 3.01. The van der Waals surface area contributed by atoms with Gasteiger partial charge in [-0.2, -0.15) is 0 Å². The summed E-state index contributed by atoms with van der Waals surface area (Å²) >= 11 is 1.66. The number of thiophene rings is 1. The molecule has 3 rings (SSSR count). The Hall–Kier alpha value is -1.58. The van der Waals surface area contributed by atoms with Crippen LogP contribution in [-0.4, -0.2) is 0 Å². The fourth-order valence-electron chi connectivity index (χ4n) is 2.09. The van der Waals surface area contributed by atoms with Crippen molar-refractivity contribution in [1.29, 1.82) is 0 Å². The molecule has 3 aromatic rings. The van der Waals surface area contributed by atoms with Crippen LogP contribution in [0.25, 0.3) is 11.0 Å². The zero-order chi connectivity index (χ0) is 11.8. The van der Waals surface area contributed by atoms with Crippen LogP contribution in [0.5, 0.6) is 0 Å². The van der Waals surface area contributed by atoms with Crippen molar-refractivity contribution in [2.75, 3.05) is 0 Å². The molecule has 1 unspecified atom stereocenters. The van der Waals surface area contributed by atoms with Gasteiger partial charge in [-0.25, -0.2) is 0 Å². The van der Waals surface area contributed by atoms with Crippen molar-refractivity contribution in [1.82, 2.24) is 0 Å². The Kier molecular flexibility index (Phi) is 2.50. The van der Waals surface area contributed by atoms with Crippen LogP contribution < -0.4 is 5.73 Å². The molecule has 2 nitrogen and oxygen atoms in total. The second kappa shape index (κ2) is 4.02. The predicted molar refractivity (Wildman–Crippen MR) is 71.3 cm³/mol. The van der Waals surface area contributed by atoms with Crippen molar-refractivity contribution in [2.45, 2.75) is 13.0 Å². The standard InChI is InChI=1S/C14H13NOS/c1-9-10-5-2-3-6-11(10)16-14(9)13(15)12-7-4-8-17-12/h2-8,13H,15H2,1H3. The van der Waals surface area contributed by atoms with Crippen molar-refractivity contribution in [3.05, 3.63) is 58.0 Å². The largest absolute Gasteiger partial charge is 0.459 e. The van der Waals surface area contributed by atoms with E-state index in [0.29, 0.717) is 0 Å². The van der Waals surface area contributed by atoms with Gasteiger partial charge in [0.05, 0.1) is 6.04 Å². The van der Waals surface area contributed by atoms with E-state index in [-0.39, 0.29) is 6.04 Å². The number of para-hydroxylation sites is 1. The molecule has 86 valence electrons. The maximum Gasteiger partial charge on any atom is 0.134 e. The summed E-state index contributed by atoms with van der Waals surface area (Å²) in [6.45, 7) is 2.06.